The number of anilines is 1. The molecule has 1 N–H and O–H groups in total. The number of nitrogens with zero attached hydrogens (tertiary/aromatic N) is 3. The van der Waals surface area contributed by atoms with Crippen molar-refractivity contribution >= 4 is 50.9 Å². The van der Waals surface area contributed by atoms with Crippen molar-refractivity contribution in [3.05, 3.63) is 41.9 Å². The highest BCUT2D eigenvalue weighted by molar-refractivity contribution is 8.15. The van der Waals surface area contributed by atoms with Crippen molar-refractivity contribution in [3.63, 3.8) is 0 Å². The molecule has 24 heavy (non-hydrogen) atoms. The number of thiazole rings is 1. The van der Waals surface area contributed by atoms with Gasteiger partial charge in [0.2, 0.25) is 16.9 Å². The fourth-order valence-electron chi connectivity index (χ4n) is 2.27. The zero-order valence-electron chi connectivity index (χ0n) is 13.0. The topological polar surface area (TPSA) is 74.7 Å². The van der Waals surface area contributed by atoms with Gasteiger partial charge in [0.1, 0.15) is 5.25 Å². The van der Waals surface area contributed by atoms with E-state index in [1.54, 1.807) is 11.1 Å². The lowest BCUT2D eigenvalue weighted by Gasteiger charge is -2.12. The molecule has 1 unspecified atom stereocenters. The molecule has 8 heteroatoms. The third kappa shape index (κ3) is 3.82. The van der Waals surface area contributed by atoms with Crippen LogP contribution in [-0.4, -0.2) is 38.7 Å². The van der Waals surface area contributed by atoms with Crippen LogP contribution in [0.5, 0.6) is 0 Å². The van der Waals surface area contributed by atoms with E-state index >= 15 is 0 Å². The third-order valence-electron chi connectivity index (χ3n) is 3.38. The molecule has 1 aliphatic rings. The summed E-state index contributed by atoms with van der Waals surface area (Å²) in [5.74, 6) is -0.264. The molecule has 1 saturated heterocycles. The van der Waals surface area contributed by atoms with Crippen LogP contribution in [0.1, 0.15) is 13.3 Å². The van der Waals surface area contributed by atoms with Crippen molar-refractivity contribution in [2.45, 2.75) is 18.6 Å². The van der Waals surface area contributed by atoms with Gasteiger partial charge in [-0.2, -0.15) is 4.99 Å². The van der Waals surface area contributed by atoms with Gasteiger partial charge in [-0.25, -0.2) is 4.98 Å². The second kappa shape index (κ2) is 7.59. The average molecular weight is 360 g/mol. The van der Waals surface area contributed by atoms with Gasteiger partial charge in [0.05, 0.1) is 0 Å². The van der Waals surface area contributed by atoms with Crippen LogP contribution < -0.4 is 5.32 Å². The van der Waals surface area contributed by atoms with Crippen molar-refractivity contribution < 1.29 is 9.59 Å². The average Bonchev–Trinajstić information content (AvgIpc) is 3.17. The zero-order valence-corrected chi connectivity index (χ0v) is 14.6. The number of hydrogen-bond donors (Lipinski definition) is 1. The van der Waals surface area contributed by atoms with E-state index < -0.39 is 5.25 Å². The number of rotatable bonds is 5. The molecule has 1 aromatic heterocycles. The van der Waals surface area contributed by atoms with E-state index in [0.717, 1.165) is 5.69 Å². The van der Waals surface area contributed by atoms with E-state index in [-0.39, 0.29) is 18.2 Å². The zero-order chi connectivity index (χ0) is 16.9. The molecule has 1 aromatic carbocycles. The Kier molecular flexibility index (Phi) is 5.27. The largest absolute Gasteiger partial charge is 0.326 e. The van der Waals surface area contributed by atoms with Crippen LogP contribution in [0, 0.1) is 0 Å². The molecular weight excluding hydrogens is 344 g/mol. The third-order valence-corrected chi connectivity index (χ3v) is 5.22. The van der Waals surface area contributed by atoms with Gasteiger partial charge in [0.25, 0.3) is 0 Å². The first-order valence-corrected chi connectivity index (χ1v) is 9.24. The molecule has 0 radical (unpaired) electrons. The number of aromatic nitrogens is 1. The molecule has 1 aliphatic heterocycles. The number of amidine groups is 1. The molecular formula is C16H16N4O2S2. The lowest BCUT2D eigenvalue weighted by molar-refractivity contribution is -0.128. The van der Waals surface area contributed by atoms with E-state index in [0.29, 0.717) is 16.8 Å². The summed E-state index contributed by atoms with van der Waals surface area (Å²) in [7, 11) is 0. The first-order chi connectivity index (χ1) is 11.7. The molecule has 2 aromatic rings. The van der Waals surface area contributed by atoms with Crippen LogP contribution in [0.3, 0.4) is 0 Å². The maximum atomic E-state index is 12.5. The summed E-state index contributed by atoms with van der Waals surface area (Å²) in [6.07, 6.45) is 1.79. The fourth-order valence-corrected chi connectivity index (χ4v) is 4.04. The molecule has 1 fully saturated rings. The van der Waals surface area contributed by atoms with Crippen LogP contribution in [-0.2, 0) is 9.59 Å². The van der Waals surface area contributed by atoms with Gasteiger partial charge in [0.15, 0.2) is 5.17 Å². The Hall–Kier alpha value is -2.19. The molecule has 0 aliphatic carbocycles. The van der Waals surface area contributed by atoms with Gasteiger partial charge in [-0.15, -0.1) is 11.3 Å². The predicted molar refractivity (Wildman–Crippen MR) is 97.7 cm³/mol. The van der Waals surface area contributed by atoms with Crippen molar-refractivity contribution in [3.8, 4) is 0 Å². The second-order valence-electron chi connectivity index (χ2n) is 5.02. The summed E-state index contributed by atoms with van der Waals surface area (Å²) in [6, 6.07) is 9.21. The summed E-state index contributed by atoms with van der Waals surface area (Å²) in [5, 5.41) is 5.41. The number of thioether (sulfide) groups is 1. The summed E-state index contributed by atoms with van der Waals surface area (Å²) >= 11 is 2.73. The fraction of sp³-hybridized carbons (Fsp3) is 0.250. The van der Waals surface area contributed by atoms with Gasteiger partial charge >= 0.3 is 0 Å². The first-order valence-electron chi connectivity index (χ1n) is 7.48. The van der Waals surface area contributed by atoms with Crippen molar-refractivity contribution in [1.82, 2.24) is 9.88 Å². The number of benzene rings is 1. The lowest BCUT2D eigenvalue weighted by Crippen LogP contribution is -2.33. The highest BCUT2D eigenvalue weighted by Gasteiger charge is 2.38. The number of amides is 2. The van der Waals surface area contributed by atoms with Crippen molar-refractivity contribution in [2.24, 2.45) is 4.99 Å². The highest BCUT2D eigenvalue weighted by Crippen LogP contribution is 2.32. The Morgan fingerprint density at radius 2 is 2.17 bits per heavy atom. The standard InChI is InChI=1S/C16H16N4O2S2/c1-2-20-14(22)12(24-16(20)19-15-17-8-9-23-15)10-13(21)18-11-6-4-3-5-7-11/h3-9,12H,2,10H2,1H3,(H,18,21). The molecule has 0 bridgehead atoms. The number of hydrogen-bond acceptors (Lipinski definition) is 6. The minimum atomic E-state index is -0.452. The van der Waals surface area contributed by atoms with Gasteiger partial charge in [0, 0.05) is 30.2 Å². The van der Waals surface area contributed by atoms with E-state index in [2.05, 4.69) is 15.3 Å². The summed E-state index contributed by atoms with van der Waals surface area (Å²) in [6.45, 7) is 2.41. The molecule has 0 spiro atoms. The molecule has 2 amide bonds. The monoisotopic (exact) mass is 360 g/mol. The maximum absolute atomic E-state index is 12.5. The summed E-state index contributed by atoms with van der Waals surface area (Å²) in [4.78, 5) is 34.8. The van der Waals surface area contributed by atoms with Crippen LogP contribution in [0.2, 0.25) is 0 Å². The Bertz CT molecular complexity index is 747. The Balaban J connectivity index is 1.68. The number of nitrogens with one attached hydrogen (secondary N) is 1. The lowest BCUT2D eigenvalue weighted by atomic mass is 10.2. The molecule has 6 nitrogen and oxygen atoms in total. The Morgan fingerprint density at radius 1 is 1.38 bits per heavy atom. The van der Waals surface area contributed by atoms with E-state index in [4.69, 9.17) is 0 Å². The maximum Gasteiger partial charge on any atom is 0.242 e. The van der Waals surface area contributed by atoms with Crippen LogP contribution in [0.25, 0.3) is 0 Å². The summed E-state index contributed by atoms with van der Waals surface area (Å²) in [5.41, 5.74) is 0.724. The Morgan fingerprint density at radius 3 is 2.83 bits per heavy atom. The van der Waals surface area contributed by atoms with Crippen LogP contribution in [0.4, 0.5) is 10.8 Å². The Labute approximate surface area is 148 Å². The van der Waals surface area contributed by atoms with Gasteiger partial charge in [-0.3, -0.25) is 14.5 Å². The molecule has 2 heterocycles. The molecule has 3 rings (SSSR count). The van der Waals surface area contributed by atoms with Gasteiger partial charge in [-0.1, -0.05) is 30.0 Å². The minimum Gasteiger partial charge on any atom is -0.326 e. The minimum absolute atomic E-state index is 0.0824. The number of para-hydroxylation sites is 1. The molecule has 0 saturated carbocycles. The number of carbonyl (C=O) groups excluding carboxylic acids is 2. The highest BCUT2D eigenvalue weighted by atomic mass is 32.2. The van der Waals surface area contributed by atoms with E-state index in [1.807, 2.05) is 42.6 Å². The molecule has 124 valence electrons. The van der Waals surface area contributed by atoms with Crippen LogP contribution >= 0.6 is 23.1 Å². The van der Waals surface area contributed by atoms with Crippen molar-refractivity contribution in [2.75, 3.05) is 11.9 Å². The molecule has 1 atom stereocenters. The van der Waals surface area contributed by atoms with Crippen molar-refractivity contribution in [1.29, 1.82) is 0 Å². The quantitative estimate of drug-likeness (QED) is 0.889. The second-order valence-corrected chi connectivity index (χ2v) is 7.06. The van der Waals surface area contributed by atoms with Gasteiger partial charge < -0.3 is 5.32 Å². The van der Waals surface area contributed by atoms with E-state index in [9.17, 15) is 9.59 Å². The normalized spacial score (nSPS) is 19.0. The van der Waals surface area contributed by atoms with Crippen LogP contribution in [0.15, 0.2) is 46.9 Å². The van der Waals surface area contributed by atoms with E-state index in [1.165, 1.54) is 23.1 Å². The SMILES string of the molecule is CCN1C(=O)C(CC(=O)Nc2ccccc2)SC1=Nc1nccs1. The predicted octanol–water partition coefficient (Wildman–Crippen LogP) is 3.12. The van der Waals surface area contributed by atoms with Gasteiger partial charge in [-0.05, 0) is 19.1 Å². The first kappa shape index (κ1) is 16.7. The smallest absolute Gasteiger partial charge is 0.242 e. The number of aliphatic imine (C=N–C) groups is 1. The number of carbonyl (C=O) groups is 2. The summed E-state index contributed by atoms with van der Waals surface area (Å²) < 4.78 is 0.